The van der Waals surface area contributed by atoms with Crippen LogP contribution < -0.4 is 10.6 Å². The summed E-state index contributed by atoms with van der Waals surface area (Å²) in [7, 11) is 0. The number of aryl methyl sites for hydroxylation is 2. The van der Waals surface area contributed by atoms with Crippen LogP contribution in [0.5, 0.6) is 0 Å². The molecular formula is C19H24N2S. The molecule has 0 heterocycles. The highest BCUT2D eigenvalue weighted by molar-refractivity contribution is 7.80. The highest BCUT2D eigenvalue weighted by Crippen LogP contribution is 2.25. The molecule has 0 fully saturated rings. The van der Waals surface area contributed by atoms with Crippen molar-refractivity contribution in [1.29, 1.82) is 0 Å². The van der Waals surface area contributed by atoms with Crippen molar-refractivity contribution in [3.63, 3.8) is 0 Å². The fourth-order valence-electron chi connectivity index (χ4n) is 2.61. The van der Waals surface area contributed by atoms with Gasteiger partial charge in [-0.25, -0.2) is 0 Å². The second-order valence-corrected chi connectivity index (χ2v) is 6.45. The van der Waals surface area contributed by atoms with E-state index >= 15 is 0 Å². The van der Waals surface area contributed by atoms with Gasteiger partial charge >= 0.3 is 0 Å². The zero-order valence-electron chi connectivity index (χ0n) is 13.7. The molecule has 0 saturated carbocycles. The Hall–Kier alpha value is -1.87. The van der Waals surface area contributed by atoms with Crippen molar-refractivity contribution in [2.75, 3.05) is 5.32 Å². The third kappa shape index (κ3) is 4.31. The van der Waals surface area contributed by atoms with Crippen LogP contribution in [0.2, 0.25) is 0 Å². The molecule has 2 nitrogen and oxygen atoms in total. The highest BCUT2D eigenvalue weighted by Gasteiger charge is 2.18. The average Bonchev–Trinajstić information content (AvgIpc) is 2.46. The van der Waals surface area contributed by atoms with Crippen molar-refractivity contribution < 1.29 is 0 Å². The summed E-state index contributed by atoms with van der Waals surface area (Å²) < 4.78 is 0. The van der Waals surface area contributed by atoms with Gasteiger partial charge in [-0.2, -0.15) is 0 Å². The minimum Gasteiger partial charge on any atom is -0.355 e. The molecule has 2 rings (SSSR count). The maximum absolute atomic E-state index is 5.48. The molecule has 0 aliphatic heterocycles. The molecule has 2 aromatic rings. The molecule has 2 aromatic carbocycles. The molecule has 0 aliphatic carbocycles. The Kier molecular flexibility index (Phi) is 5.56. The van der Waals surface area contributed by atoms with E-state index in [4.69, 9.17) is 12.2 Å². The van der Waals surface area contributed by atoms with Gasteiger partial charge in [0.2, 0.25) is 0 Å². The van der Waals surface area contributed by atoms with Crippen molar-refractivity contribution in [3.8, 4) is 0 Å². The van der Waals surface area contributed by atoms with Crippen LogP contribution in [0.25, 0.3) is 0 Å². The van der Waals surface area contributed by atoms with Crippen LogP contribution in [0.1, 0.15) is 36.6 Å². The van der Waals surface area contributed by atoms with Crippen LogP contribution in [0.3, 0.4) is 0 Å². The van der Waals surface area contributed by atoms with Gasteiger partial charge in [-0.05, 0) is 55.2 Å². The van der Waals surface area contributed by atoms with Gasteiger partial charge in [-0.15, -0.1) is 0 Å². The molecule has 0 aliphatic rings. The van der Waals surface area contributed by atoms with Crippen molar-refractivity contribution in [2.45, 2.75) is 33.7 Å². The van der Waals surface area contributed by atoms with Gasteiger partial charge in [0.05, 0.1) is 6.04 Å². The van der Waals surface area contributed by atoms with Gasteiger partial charge in [0.15, 0.2) is 5.11 Å². The summed E-state index contributed by atoms with van der Waals surface area (Å²) in [6, 6.07) is 16.8. The molecule has 0 spiro atoms. The molecular weight excluding hydrogens is 288 g/mol. The van der Waals surface area contributed by atoms with Gasteiger partial charge < -0.3 is 10.6 Å². The number of benzene rings is 2. The predicted molar refractivity (Wildman–Crippen MR) is 99.3 cm³/mol. The van der Waals surface area contributed by atoms with Gasteiger partial charge in [-0.3, -0.25) is 0 Å². The van der Waals surface area contributed by atoms with E-state index in [1.165, 1.54) is 16.7 Å². The number of hydrogen-bond acceptors (Lipinski definition) is 1. The molecule has 116 valence electrons. The summed E-state index contributed by atoms with van der Waals surface area (Å²) >= 11 is 5.48. The van der Waals surface area contributed by atoms with Crippen LogP contribution in [0.4, 0.5) is 5.69 Å². The fourth-order valence-corrected chi connectivity index (χ4v) is 2.85. The third-order valence-electron chi connectivity index (χ3n) is 3.75. The number of anilines is 1. The van der Waals surface area contributed by atoms with E-state index in [0.717, 1.165) is 5.69 Å². The zero-order valence-corrected chi connectivity index (χ0v) is 14.5. The molecule has 0 radical (unpaired) electrons. The molecule has 1 atom stereocenters. The topological polar surface area (TPSA) is 24.1 Å². The standard InChI is InChI=1S/C19H24N2S/c1-13(2)18(17-11-10-14(3)12-15(17)4)21-19(22)20-16-8-6-5-7-9-16/h5-13,18H,1-4H3,(H2,20,21,22)/t18-/m1/s1. The first-order valence-electron chi connectivity index (χ1n) is 7.67. The molecule has 0 amide bonds. The highest BCUT2D eigenvalue weighted by atomic mass is 32.1. The quantitative estimate of drug-likeness (QED) is 0.778. The van der Waals surface area contributed by atoms with Crippen molar-refractivity contribution in [3.05, 3.63) is 65.2 Å². The number of rotatable bonds is 4. The van der Waals surface area contributed by atoms with Crippen LogP contribution in [-0.2, 0) is 0 Å². The first-order valence-corrected chi connectivity index (χ1v) is 8.08. The molecule has 22 heavy (non-hydrogen) atoms. The normalized spacial score (nSPS) is 12.0. The summed E-state index contributed by atoms with van der Waals surface area (Å²) in [5.41, 5.74) is 4.89. The van der Waals surface area contributed by atoms with Crippen LogP contribution in [-0.4, -0.2) is 5.11 Å². The Bertz CT molecular complexity index is 635. The minimum absolute atomic E-state index is 0.198. The Morgan fingerprint density at radius 2 is 1.68 bits per heavy atom. The number of nitrogens with one attached hydrogen (secondary N) is 2. The molecule has 0 unspecified atom stereocenters. The first-order chi connectivity index (χ1) is 10.5. The number of hydrogen-bond donors (Lipinski definition) is 2. The molecule has 3 heteroatoms. The summed E-state index contributed by atoms with van der Waals surface area (Å²) in [5, 5.41) is 7.37. The lowest BCUT2D eigenvalue weighted by Crippen LogP contribution is -2.35. The molecule has 0 saturated heterocycles. The van der Waals surface area contributed by atoms with E-state index in [1.807, 2.05) is 30.3 Å². The van der Waals surface area contributed by atoms with Gasteiger partial charge in [-0.1, -0.05) is 55.8 Å². The van der Waals surface area contributed by atoms with E-state index in [0.29, 0.717) is 11.0 Å². The monoisotopic (exact) mass is 312 g/mol. The van der Waals surface area contributed by atoms with Crippen molar-refractivity contribution in [1.82, 2.24) is 5.32 Å². The SMILES string of the molecule is Cc1ccc([C@H](NC(=S)Nc2ccccc2)C(C)C)c(C)c1. The smallest absolute Gasteiger partial charge is 0.171 e. The van der Waals surface area contributed by atoms with E-state index in [9.17, 15) is 0 Å². The Morgan fingerprint density at radius 3 is 2.27 bits per heavy atom. The largest absolute Gasteiger partial charge is 0.355 e. The number of para-hydroxylation sites is 1. The lowest BCUT2D eigenvalue weighted by Gasteiger charge is -2.26. The summed E-state index contributed by atoms with van der Waals surface area (Å²) in [4.78, 5) is 0. The van der Waals surface area contributed by atoms with Gasteiger partial charge in [0.25, 0.3) is 0 Å². The lowest BCUT2D eigenvalue weighted by molar-refractivity contribution is 0.471. The van der Waals surface area contributed by atoms with E-state index in [1.54, 1.807) is 0 Å². The Labute approximate surface area is 139 Å². The first kappa shape index (κ1) is 16.5. The van der Waals surface area contributed by atoms with Crippen LogP contribution in [0, 0.1) is 19.8 Å². The van der Waals surface area contributed by atoms with Crippen LogP contribution in [0.15, 0.2) is 48.5 Å². The maximum atomic E-state index is 5.48. The van der Waals surface area contributed by atoms with E-state index in [-0.39, 0.29) is 6.04 Å². The molecule has 2 N–H and O–H groups in total. The lowest BCUT2D eigenvalue weighted by atomic mass is 9.92. The number of thiocarbonyl (C=S) groups is 1. The molecule has 0 bridgehead atoms. The van der Waals surface area contributed by atoms with E-state index in [2.05, 4.69) is 56.5 Å². The second kappa shape index (κ2) is 7.41. The second-order valence-electron chi connectivity index (χ2n) is 6.05. The van der Waals surface area contributed by atoms with Crippen LogP contribution >= 0.6 is 12.2 Å². The summed E-state index contributed by atoms with van der Waals surface area (Å²) in [5.74, 6) is 0.442. The van der Waals surface area contributed by atoms with Gasteiger partial charge in [0, 0.05) is 5.69 Å². The summed E-state index contributed by atoms with van der Waals surface area (Å²) in [6.45, 7) is 8.70. The summed E-state index contributed by atoms with van der Waals surface area (Å²) in [6.07, 6.45) is 0. The predicted octanol–water partition coefficient (Wildman–Crippen LogP) is 4.99. The Morgan fingerprint density at radius 1 is 1.00 bits per heavy atom. The minimum atomic E-state index is 0.198. The third-order valence-corrected chi connectivity index (χ3v) is 3.97. The van der Waals surface area contributed by atoms with Gasteiger partial charge in [0.1, 0.15) is 0 Å². The molecule has 0 aromatic heterocycles. The van der Waals surface area contributed by atoms with Crippen molar-refractivity contribution in [2.24, 2.45) is 5.92 Å². The fraction of sp³-hybridized carbons (Fsp3) is 0.316. The van der Waals surface area contributed by atoms with E-state index < -0.39 is 0 Å². The Balaban J connectivity index is 2.13. The average molecular weight is 312 g/mol. The van der Waals surface area contributed by atoms with Crippen molar-refractivity contribution >= 4 is 23.0 Å². The zero-order chi connectivity index (χ0) is 16.1. The maximum Gasteiger partial charge on any atom is 0.171 e.